The van der Waals surface area contributed by atoms with Gasteiger partial charge in [-0.1, -0.05) is 0 Å². The lowest BCUT2D eigenvalue weighted by Crippen LogP contribution is -2.31. The molecule has 0 saturated heterocycles. The summed E-state index contributed by atoms with van der Waals surface area (Å²) in [6.45, 7) is 4.22. The van der Waals surface area contributed by atoms with Gasteiger partial charge in [0.2, 0.25) is 0 Å². The second kappa shape index (κ2) is 7.32. The smallest absolute Gasteiger partial charge is 0.325 e. The van der Waals surface area contributed by atoms with Gasteiger partial charge in [0.15, 0.2) is 0 Å². The van der Waals surface area contributed by atoms with Crippen LogP contribution >= 0.6 is 0 Å². The summed E-state index contributed by atoms with van der Waals surface area (Å²) in [5, 5.41) is 11.1. The molecule has 0 fully saturated rings. The number of ether oxygens (including phenoxy) is 2. The maximum absolute atomic E-state index is 11.5. The van der Waals surface area contributed by atoms with Crippen molar-refractivity contribution in [3.05, 3.63) is 28.3 Å². The van der Waals surface area contributed by atoms with Crippen LogP contribution < -0.4 is 9.64 Å². The van der Waals surface area contributed by atoms with Crippen LogP contribution in [0.5, 0.6) is 5.75 Å². The van der Waals surface area contributed by atoms with Crippen LogP contribution in [0.2, 0.25) is 0 Å². The molecule has 0 unspecified atom stereocenters. The monoisotopic (exact) mass is 282 g/mol. The van der Waals surface area contributed by atoms with Crippen LogP contribution in [0.25, 0.3) is 0 Å². The molecule has 1 aromatic carbocycles. The van der Waals surface area contributed by atoms with E-state index >= 15 is 0 Å². The fourth-order valence-corrected chi connectivity index (χ4v) is 1.77. The van der Waals surface area contributed by atoms with Gasteiger partial charge in [-0.3, -0.25) is 14.9 Å². The Balaban J connectivity index is 3.07. The van der Waals surface area contributed by atoms with E-state index in [1.165, 1.54) is 13.2 Å². The topological polar surface area (TPSA) is 81.9 Å². The molecular formula is C13H18N2O5. The van der Waals surface area contributed by atoms with E-state index in [9.17, 15) is 14.9 Å². The molecular weight excluding hydrogens is 264 g/mol. The van der Waals surface area contributed by atoms with Crippen molar-refractivity contribution in [1.29, 1.82) is 0 Å². The SMILES string of the molecule is CCOC(=O)CN(CC)c1ccc(OC)cc1[N+](=O)[O-]. The third-order valence-corrected chi connectivity index (χ3v) is 2.73. The average Bonchev–Trinajstić information content (AvgIpc) is 2.44. The zero-order chi connectivity index (χ0) is 15.1. The van der Waals surface area contributed by atoms with E-state index in [1.807, 2.05) is 6.92 Å². The quantitative estimate of drug-likeness (QED) is 0.432. The highest BCUT2D eigenvalue weighted by Gasteiger charge is 2.21. The lowest BCUT2D eigenvalue weighted by atomic mass is 10.2. The fraction of sp³-hybridized carbons (Fsp3) is 0.462. The van der Waals surface area contributed by atoms with Gasteiger partial charge in [0.05, 0.1) is 24.7 Å². The number of carbonyl (C=O) groups is 1. The van der Waals surface area contributed by atoms with Crippen molar-refractivity contribution in [2.24, 2.45) is 0 Å². The molecule has 7 heteroatoms. The van der Waals surface area contributed by atoms with E-state index in [4.69, 9.17) is 9.47 Å². The van der Waals surface area contributed by atoms with E-state index in [0.717, 1.165) is 0 Å². The Labute approximate surface area is 117 Å². The van der Waals surface area contributed by atoms with Crippen LogP contribution in [0.3, 0.4) is 0 Å². The van der Waals surface area contributed by atoms with Crippen LogP contribution in [-0.2, 0) is 9.53 Å². The molecule has 1 rings (SSSR count). The Morgan fingerprint density at radius 3 is 2.60 bits per heavy atom. The van der Waals surface area contributed by atoms with Crippen molar-refractivity contribution in [1.82, 2.24) is 0 Å². The Hall–Kier alpha value is -2.31. The van der Waals surface area contributed by atoms with Gasteiger partial charge in [0.25, 0.3) is 5.69 Å². The molecule has 0 aliphatic rings. The first-order valence-electron chi connectivity index (χ1n) is 6.26. The molecule has 0 aromatic heterocycles. The molecule has 0 atom stereocenters. The summed E-state index contributed by atoms with van der Waals surface area (Å²) in [5.41, 5.74) is 0.266. The van der Waals surface area contributed by atoms with Gasteiger partial charge < -0.3 is 14.4 Å². The largest absolute Gasteiger partial charge is 0.496 e. The Morgan fingerprint density at radius 2 is 2.10 bits per heavy atom. The third kappa shape index (κ3) is 3.84. The lowest BCUT2D eigenvalue weighted by Gasteiger charge is -2.21. The summed E-state index contributed by atoms with van der Waals surface area (Å²) in [6.07, 6.45) is 0. The van der Waals surface area contributed by atoms with Crippen molar-refractivity contribution in [3.8, 4) is 5.75 Å². The normalized spacial score (nSPS) is 9.95. The number of likely N-dealkylation sites (N-methyl/N-ethyl adjacent to an activating group) is 1. The fourth-order valence-electron chi connectivity index (χ4n) is 1.77. The number of anilines is 1. The number of hydrogen-bond acceptors (Lipinski definition) is 6. The molecule has 20 heavy (non-hydrogen) atoms. The van der Waals surface area contributed by atoms with E-state index in [-0.39, 0.29) is 18.8 Å². The highest BCUT2D eigenvalue weighted by molar-refractivity contribution is 5.78. The average molecular weight is 282 g/mol. The van der Waals surface area contributed by atoms with Crippen LogP contribution in [0.4, 0.5) is 11.4 Å². The number of hydrogen-bond donors (Lipinski definition) is 0. The Morgan fingerprint density at radius 1 is 1.40 bits per heavy atom. The van der Waals surface area contributed by atoms with Crippen LogP contribution in [0.1, 0.15) is 13.8 Å². The summed E-state index contributed by atoms with van der Waals surface area (Å²) < 4.78 is 9.84. The Bertz CT molecular complexity index is 490. The molecule has 0 saturated carbocycles. The van der Waals surface area contributed by atoms with Crippen LogP contribution in [-0.4, -0.2) is 37.7 Å². The highest BCUT2D eigenvalue weighted by atomic mass is 16.6. The van der Waals surface area contributed by atoms with Gasteiger partial charge in [-0.25, -0.2) is 0 Å². The highest BCUT2D eigenvalue weighted by Crippen LogP contribution is 2.31. The first-order chi connectivity index (χ1) is 9.53. The van der Waals surface area contributed by atoms with Gasteiger partial charge >= 0.3 is 5.97 Å². The molecule has 0 bridgehead atoms. The van der Waals surface area contributed by atoms with Gasteiger partial charge in [-0.05, 0) is 26.0 Å². The minimum atomic E-state index is -0.494. The first-order valence-corrected chi connectivity index (χ1v) is 6.26. The lowest BCUT2D eigenvalue weighted by molar-refractivity contribution is -0.384. The van der Waals surface area contributed by atoms with Crippen molar-refractivity contribution in [2.75, 3.05) is 31.7 Å². The summed E-state index contributed by atoms with van der Waals surface area (Å²) in [5.74, 6) is -0.0212. The maximum atomic E-state index is 11.5. The van der Waals surface area contributed by atoms with Gasteiger partial charge in [-0.2, -0.15) is 0 Å². The molecule has 0 aliphatic heterocycles. The van der Waals surface area contributed by atoms with Gasteiger partial charge in [0.1, 0.15) is 18.0 Å². The van der Waals surface area contributed by atoms with Gasteiger partial charge in [-0.15, -0.1) is 0 Å². The number of methoxy groups -OCH3 is 1. The number of esters is 1. The molecule has 1 aromatic rings. The number of carbonyl (C=O) groups excluding carboxylic acids is 1. The predicted octanol–water partition coefficient (Wildman–Crippen LogP) is 1.99. The number of rotatable bonds is 7. The van der Waals surface area contributed by atoms with E-state index in [0.29, 0.717) is 18.0 Å². The molecule has 0 aliphatic carbocycles. The molecule has 110 valence electrons. The summed E-state index contributed by atoms with van der Waals surface area (Å²) in [4.78, 5) is 23.8. The van der Waals surface area contributed by atoms with Crippen LogP contribution in [0.15, 0.2) is 18.2 Å². The summed E-state index contributed by atoms with van der Waals surface area (Å²) in [7, 11) is 1.44. The molecule has 0 spiro atoms. The van der Waals surface area contributed by atoms with E-state index in [1.54, 1.807) is 24.0 Å². The van der Waals surface area contributed by atoms with Crippen molar-refractivity contribution < 1.29 is 19.2 Å². The zero-order valence-corrected chi connectivity index (χ0v) is 11.8. The molecule has 0 N–H and O–H groups in total. The number of benzene rings is 1. The van der Waals surface area contributed by atoms with Gasteiger partial charge in [0, 0.05) is 6.54 Å². The standard InChI is InChI=1S/C13H18N2O5/c1-4-14(9-13(16)20-5-2)11-7-6-10(19-3)8-12(11)15(17)18/h6-8H,4-5,9H2,1-3H3. The molecule has 0 radical (unpaired) electrons. The van der Waals surface area contributed by atoms with Crippen molar-refractivity contribution in [2.45, 2.75) is 13.8 Å². The Kier molecular flexibility index (Phi) is 5.76. The zero-order valence-electron chi connectivity index (χ0n) is 11.8. The van der Waals surface area contributed by atoms with Crippen LogP contribution in [0, 0.1) is 10.1 Å². The molecule has 7 nitrogen and oxygen atoms in total. The van der Waals surface area contributed by atoms with E-state index in [2.05, 4.69) is 0 Å². The van der Waals surface area contributed by atoms with E-state index < -0.39 is 10.9 Å². The second-order valence-electron chi connectivity index (χ2n) is 3.93. The molecule has 0 amide bonds. The number of nitro benzene ring substituents is 1. The second-order valence-corrected chi connectivity index (χ2v) is 3.93. The maximum Gasteiger partial charge on any atom is 0.325 e. The predicted molar refractivity (Wildman–Crippen MR) is 74.2 cm³/mol. The van der Waals surface area contributed by atoms with Crippen molar-refractivity contribution >= 4 is 17.3 Å². The van der Waals surface area contributed by atoms with Crippen molar-refractivity contribution in [3.63, 3.8) is 0 Å². The minimum absolute atomic E-state index is 0.0302. The summed E-state index contributed by atoms with van der Waals surface area (Å²) >= 11 is 0. The molecule has 0 heterocycles. The third-order valence-electron chi connectivity index (χ3n) is 2.73. The summed E-state index contributed by atoms with van der Waals surface area (Å²) in [6, 6.07) is 4.53. The number of nitro groups is 1. The first kappa shape index (κ1) is 15.7. The minimum Gasteiger partial charge on any atom is -0.496 e. The number of nitrogens with zero attached hydrogens (tertiary/aromatic N) is 2.